The molecule has 0 aliphatic carbocycles. The number of aliphatic hydroxyl groups is 1. The van der Waals surface area contributed by atoms with Crippen molar-refractivity contribution in [1.82, 2.24) is 0 Å². The SMILES string of the molecule is COc1ccc(C(C)(C)CO)cc1OC. The van der Waals surface area contributed by atoms with Crippen LogP contribution in [0, 0.1) is 0 Å². The second-order valence-corrected chi connectivity index (χ2v) is 4.11. The first-order valence-corrected chi connectivity index (χ1v) is 4.88. The number of ether oxygens (including phenoxy) is 2. The second kappa shape index (κ2) is 4.53. The summed E-state index contributed by atoms with van der Waals surface area (Å²) < 4.78 is 10.4. The third kappa shape index (κ3) is 2.42. The molecule has 0 aromatic heterocycles. The number of hydrogen-bond donors (Lipinski definition) is 1. The Morgan fingerprint density at radius 2 is 1.73 bits per heavy atom. The minimum absolute atomic E-state index is 0.0997. The molecule has 0 aliphatic heterocycles. The average molecular weight is 210 g/mol. The highest BCUT2D eigenvalue weighted by atomic mass is 16.5. The molecule has 1 rings (SSSR count). The van der Waals surface area contributed by atoms with Crippen LogP contribution in [0.5, 0.6) is 11.5 Å². The van der Waals surface area contributed by atoms with Crippen molar-refractivity contribution in [3.05, 3.63) is 23.8 Å². The van der Waals surface area contributed by atoms with Crippen molar-refractivity contribution in [2.24, 2.45) is 0 Å². The fraction of sp³-hybridized carbons (Fsp3) is 0.500. The van der Waals surface area contributed by atoms with Gasteiger partial charge in [-0.3, -0.25) is 0 Å². The van der Waals surface area contributed by atoms with E-state index in [0.717, 1.165) is 5.56 Å². The first-order chi connectivity index (χ1) is 7.05. The van der Waals surface area contributed by atoms with Gasteiger partial charge in [0, 0.05) is 5.41 Å². The van der Waals surface area contributed by atoms with Crippen LogP contribution in [0.4, 0.5) is 0 Å². The largest absolute Gasteiger partial charge is 0.493 e. The number of hydrogen-bond acceptors (Lipinski definition) is 3. The van der Waals surface area contributed by atoms with Crippen LogP contribution >= 0.6 is 0 Å². The minimum atomic E-state index is -0.264. The summed E-state index contributed by atoms with van der Waals surface area (Å²) in [5.41, 5.74) is 0.766. The number of rotatable bonds is 4. The Labute approximate surface area is 90.6 Å². The van der Waals surface area contributed by atoms with E-state index in [9.17, 15) is 5.11 Å². The molecule has 3 nitrogen and oxygen atoms in total. The van der Waals surface area contributed by atoms with Crippen LogP contribution in [0.3, 0.4) is 0 Å². The molecule has 1 N–H and O–H groups in total. The van der Waals surface area contributed by atoms with Gasteiger partial charge in [0.1, 0.15) is 0 Å². The maximum atomic E-state index is 9.27. The van der Waals surface area contributed by atoms with E-state index in [0.29, 0.717) is 11.5 Å². The van der Waals surface area contributed by atoms with E-state index in [1.54, 1.807) is 14.2 Å². The molecule has 0 amide bonds. The van der Waals surface area contributed by atoms with Crippen molar-refractivity contribution in [2.75, 3.05) is 20.8 Å². The van der Waals surface area contributed by atoms with Gasteiger partial charge >= 0.3 is 0 Å². The molecule has 1 aromatic rings. The Hall–Kier alpha value is -1.22. The molecule has 0 fully saturated rings. The van der Waals surface area contributed by atoms with E-state index in [1.165, 1.54) is 0 Å². The third-order valence-electron chi connectivity index (χ3n) is 2.56. The van der Waals surface area contributed by atoms with Crippen molar-refractivity contribution in [2.45, 2.75) is 19.3 Å². The van der Waals surface area contributed by atoms with Crippen LogP contribution in [0.2, 0.25) is 0 Å². The van der Waals surface area contributed by atoms with E-state index >= 15 is 0 Å². The normalized spacial score (nSPS) is 11.3. The smallest absolute Gasteiger partial charge is 0.161 e. The summed E-state index contributed by atoms with van der Waals surface area (Å²) in [4.78, 5) is 0. The molecule has 0 radical (unpaired) electrons. The summed E-state index contributed by atoms with van der Waals surface area (Å²) in [5, 5.41) is 9.27. The summed E-state index contributed by atoms with van der Waals surface area (Å²) in [6.45, 7) is 4.06. The van der Waals surface area contributed by atoms with Crippen molar-refractivity contribution in [3.8, 4) is 11.5 Å². The van der Waals surface area contributed by atoms with Gasteiger partial charge in [-0.15, -0.1) is 0 Å². The zero-order valence-electron chi connectivity index (χ0n) is 9.70. The van der Waals surface area contributed by atoms with Crippen LogP contribution in [-0.4, -0.2) is 25.9 Å². The lowest BCUT2D eigenvalue weighted by atomic mass is 9.85. The first-order valence-electron chi connectivity index (χ1n) is 4.88. The maximum absolute atomic E-state index is 9.27. The van der Waals surface area contributed by atoms with E-state index in [2.05, 4.69) is 0 Å². The van der Waals surface area contributed by atoms with Gasteiger partial charge in [-0.2, -0.15) is 0 Å². The molecule has 3 heteroatoms. The van der Waals surface area contributed by atoms with Crippen molar-refractivity contribution in [1.29, 1.82) is 0 Å². The van der Waals surface area contributed by atoms with Gasteiger partial charge in [0.25, 0.3) is 0 Å². The van der Waals surface area contributed by atoms with E-state index < -0.39 is 0 Å². The van der Waals surface area contributed by atoms with Crippen LogP contribution in [0.15, 0.2) is 18.2 Å². The van der Waals surface area contributed by atoms with Gasteiger partial charge in [0.2, 0.25) is 0 Å². The summed E-state index contributed by atoms with van der Waals surface area (Å²) >= 11 is 0. The van der Waals surface area contributed by atoms with Gasteiger partial charge in [0.05, 0.1) is 20.8 Å². The van der Waals surface area contributed by atoms with Crippen LogP contribution in [-0.2, 0) is 5.41 Å². The summed E-state index contributed by atoms with van der Waals surface area (Å²) in [6.07, 6.45) is 0. The molecule has 0 heterocycles. The summed E-state index contributed by atoms with van der Waals surface area (Å²) in [5.74, 6) is 1.39. The average Bonchev–Trinajstić information content (AvgIpc) is 2.28. The fourth-order valence-corrected chi connectivity index (χ4v) is 1.35. The monoisotopic (exact) mass is 210 g/mol. The van der Waals surface area contributed by atoms with Crippen LogP contribution in [0.1, 0.15) is 19.4 Å². The summed E-state index contributed by atoms with van der Waals surface area (Å²) in [7, 11) is 3.21. The molecule has 0 atom stereocenters. The van der Waals surface area contributed by atoms with E-state index in [1.807, 2.05) is 32.0 Å². The van der Waals surface area contributed by atoms with Crippen molar-refractivity contribution >= 4 is 0 Å². The van der Waals surface area contributed by atoms with Gasteiger partial charge in [-0.25, -0.2) is 0 Å². The molecular formula is C12H18O3. The Balaban J connectivity index is 3.13. The van der Waals surface area contributed by atoms with Gasteiger partial charge in [0.15, 0.2) is 11.5 Å². The lowest BCUT2D eigenvalue weighted by molar-refractivity contribution is 0.218. The lowest BCUT2D eigenvalue weighted by Gasteiger charge is -2.23. The second-order valence-electron chi connectivity index (χ2n) is 4.11. The lowest BCUT2D eigenvalue weighted by Crippen LogP contribution is -2.21. The molecule has 15 heavy (non-hydrogen) atoms. The Morgan fingerprint density at radius 3 is 2.20 bits per heavy atom. The van der Waals surface area contributed by atoms with E-state index in [4.69, 9.17) is 9.47 Å². The minimum Gasteiger partial charge on any atom is -0.493 e. The molecule has 0 bridgehead atoms. The van der Waals surface area contributed by atoms with Crippen LogP contribution in [0.25, 0.3) is 0 Å². The molecule has 0 saturated carbocycles. The van der Waals surface area contributed by atoms with Gasteiger partial charge in [-0.1, -0.05) is 19.9 Å². The standard InChI is InChI=1S/C12H18O3/c1-12(2,8-13)9-5-6-10(14-3)11(7-9)15-4/h5-7,13H,8H2,1-4H3. The molecule has 84 valence electrons. The van der Waals surface area contributed by atoms with Crippen molar-refractivity contribution < 1.29 is 14.6 Å². The first kappa shape index (κ1) is 11.9. The number of benzene rings is 1. The quantitative estimate of drug-likeness (QED) is 0.825. The highest BCUT2D eigenvalue weighted by Gasteiger charge is 2.20. The molecule has 0 unspecified atom stereocenters. The molecule has 0 saturated heterocycles. The van der Waals surface area contributed by atoms with E-state index in [-0.39, 0.29) is 12.0 Å². The number of aliphatic hydroxyl groups excluding tert-OH is 1. The Kier molecular flexibility index (Phi) is 3.58. The van der Waals surface area contributed by atoms with Gasteiger partial charge < -0.3 is 14.6 Å². The number of methoxy groups -OCH3 is 2. The zero-order valence-corrected chi connectivity index (χ0v) is 9.70. The topological polar surface area (TPSA) is 38.7 Å². The Bertz CT molecular complexity index is 332. The van der Waals surface area contributed by atoms with Crippen LogP contribution < -0.4 is 9.47 Å². The predicted molar refractivity (Wildman–Crippen MR) is 59.7 cm³/mol. The predicted octanol–water partition coefficient (Wildman–Crippen LogP) is 1.97. The Morgan fingerprint density at radius 1 is 1.13 bits per heavy atom. The fourth-order valence-electron chi connectivity index (χ4n) is 1.35. The molecule has 0 aliphatic rings. The summed E-state index contributed by atoms with van der Waals surface area (Å²) in [6, 6.07) is 5.69. The molecule has 1 aromatic carbocycles. The van der Waals surface area contributed by atoms with Crippen molar-refractivity contribution in [3.63, 3.8) is 0 Å². The maximum Gasteiger partial charge on any atom is 0.161 e. The zero-order chi connectivity index (χ0) is 11.5. The highest BCUT2D eigenvalue weighted by molar-refractivity contribution is 5.44. The van der Waals surface area contributed by atoms with Gasteiger partial charge in [-0.05, 0) is 17.7 Å². The highest BCUT2D eigenvalue weighted by Crippen LogP contribution is 2.32. The molecule has 0 spiro atoms. The third-order valence-corrected chi connectivity index (χ3v) is 2.56. The molecular weight excluding hydrogens is 192 g/mol.